The van der Waals surface area contributed by atoms with E-state index in [9.17, 15) is 14.0 Å². The summed E-state index contributed by atoms with van der Waals surface area (Å²) in [6.45, 7) is 8.22. The Kier molecular flexibility index (Phi) is 3.50. The highest BCUT2D eigenvalue weighted by Crippen LogP contribution is 2.29. The molecule has 1 heterocycles. The number of nitrogens with one attached hydrogen (secondary N) is 1. The normalized spacial score (nSPS) is 24.8. The standard InChI is InChI=1S/C12H21FN2O2/c1-11(2,3)8-9(16)15(7-6-13)12(4,5)10(17)14-8/h8H,6-7H2,1-5H3,(H,14,17). The van der Waals surface area contributed by atoms with Crippen LogP contribution < -0.4 is 5.32 Å². The van der Waals surface area contributed by atoms with Crippen molar-refractivity contribution in [2.45, 2.75) is 46.2 Å². The van der Waals surface area contributed by atoms with Gasteiger partial charge in [-0.2, -0.15) is 0 Å². The van der Waals surface area contributed by atoms with Crippen LogP contribution in [0.15, 0.2) is 0 Å². The highest BCUT2D eigenvalue weighted by atomic mass is 19.1. The van der Waals surface area contributed by atoms with Gasteiger partial charge in [-0.25, -0.2) is 4.39 Å². The number of hydrogen-bond acceptors (Lipinski definition) is 2. The van der Waals surface area contributed by atoms with Crippen molar-refractivity contribution in [2.24, 2.45) is 5.41 Å². The maximum atomic E-state index is 12.5. The Morgan fingerprint density at radius 1 is 1.35 bits per heavy atom. The lowest BCUT2D eigenvalue weighted by molar-refractivity contribution is -0.158. The zero-order valence-corrected chi connectivity index (χ0v) is 11.1. The lowest BCUT2D eigenvalue weighted by Gasteiger charge is -2.47. The summed E-state index contributed by atoms with van der Waals surface area (Å²) >= 11 is 0. The molecule has 0 aromatic rings. The predicted molar refractivity (Wildman–Crippen MR) is 63.2 cm³/mol. The lowest BCUT2D eigenvalue weighted by Crippen LogP contribution is -2.71. The molecule has 0 aromatic carbocycles. The van der Waals surface area contributed by atoms with Gasteiger partial charge in [-0.15, -0.1) is 0 Å². The maximum absolute atomic E-state index is 12.5. The van der Waals surface area contributed by atoms with Gasteiger partial charge in [-0.3, -0.25) is 9.59 Å². The molecule has 1 fully saturated rings. The molecule has 1 rings (SSSR count). The van der Waals surface area contributed by atoms with Crippen LogP contribution in [0.2, 0.25) is 0 Å². The van der Waals surface area contributed by atoms with E-state index in [-0.39, 0.29) is 23.8 Å². The highest BCUT2D eigenvalue weighted by Gasteiger charge is 2.49. The second kappa shape index (κ2) is 4.27. The number of rotatable bonds is 2. The number of carbonyl (C=O) groups is 2. The summed E-state index contributed by atoms with van der Waals surface area (Å²) in [4.78, 5) is 25.6. The molecule has 1 aliphatic rings. The van der Waals surface area contributed by atoms with Gasteiger partial charge in [-0.05, 0) is 19.3 Å². The van der Waals surface area contributed by atoms with Crippen molar-refractivity contribution in [3.05, 3.63) is 0 Å². The first kappa shape index (κ1) is 13.9. The first-order valence-corrected chi connectivity index (χ1v) is 5.80. The predicted octanol–water partition coefficient (Wildman–Crippen LogP) is 1.11. The Morgan fingerprint density at radius 2 is 1.88 bits per heavy atom. The van der Waals surface area contributed by atoms with Crippen LogP contribution in [0.25, 0.3) is 0 Å². The zero-order chi connectivity index (χ0) is 13.4. The van der Waals surface area contributed by atoms with Crippen LogP contribution in [0.1, 0.15) is 34.6 Å². The second-order valence-electron chi connectivity index (χ2n) is 6.01. The molecule has 1 atom stereocenters. The number of halogens is 1. The summed E-state index contributed by atoms with van der Waals surface area (Å²) in [5, 5.41) is 2.73. The third kappa shape index (κ3) is 2.42. The van der Waals surface area contributed by atoms with Crippen molar-refractivity contribution in [3.8, 4) is 0 Å². The third-order valence-corrected chi connectivity index (χ3v) is 3.19. The van der Waals surface area contributed by atoms with Gasteiger partial charge in [0.2, 0.25) is 11.8 Å². The first-order chi connectivity index (χ1) is 7.62. The molecule has 0 aromatic heterocycles. The molecule has 1 saturated heterocycles. The van der Waals surface area contributed by atoms with E-state index < -0.39 is 18.3 Å². The summed E-state index contributed by atoms with van der Waals surface area (Å²) in [6, 6.07) is -0.588. The van der Waals surface area contributed by atoms with Crippen LogP contribution in [0.3, 0.4) is 0 Å². The first-order valence-electron chi connectivity index (χ1n) is 5.80. The molecular weight excluding hydrogens is 223 g/mol. The molecule has 0 spiro atoms. The van der Waals surface area contributed by atoms with Crippen molar-refractivity contribution in [1.82, 2.24) is 10.2 Å². The van der Waals surface area contributed by atoms with Gasteiger partial charge < -0.3 is 10.2 Å². The lowest BCUT2D eigenvalue weighted by atomic mass is 9.82. The molecule has 17 heavy (non-hydrogen) atoms. The summed E-state index contributed by atoms with van der Waals surface area (Å²) in [6.07, 6.45) is 0. The van der Waals surface area contributed by atoms with Crippen LogP contribution in [0, 0.1) is 5.41 Å². The molecule has 2 amide bonds. The molecule has 4 nitrogen and oxygen atoms in total. The topological polar surface area (TPSA) is 49.4 Å². The van der Waals surface area contributed by atoms with E-state index in [0.717, 1.165) is 0 Å². The largest absolute Gasteiger partial charge is 0.342 e. The Morgan fingerprint density at radius 3 is 2.29 bits per heavy atom. The summed E-state index contributed by atoms with van der Waals surface area (Å²) in [5.74, 6) is -0.440. The average molecular weight is 244 g/mol. The van der Waals surface area contributed by atoms with E-state index in [1.54, 1.807) is 13.8 Å². The molecule has 1 N–H and O–H groups in total. The van der Waals surface area contributed by atoms with E-state index in [4.69, 9.17) is 0 Å². The van der Waals surface area contributed by atoms with Gasteiger partial charge in [0, 0.05) is 0 Å². The average Bonchev–Trinajstić information content (AvgIpc) is 2.17. The van der Waals surface area contributed by atoms with Crippen LogP contribution in [0.4, 0.5) is 4.39 Å². The fourth-order valence-electron chi connectivity index (χ4n) is 1.98. The van der Waals surface area contributed by atoms with E-state index in [2.05, 4.69) is 5.32 Å². The third-order valence-electron chi connectivity index (χ3n) is 3.19. The van der Waals surface area contributed by atoms with Crippen molar-refractivity contribution < 1.29 is 14.0 Å². The van der Waals surface area contributed by atoms with Crippen molar-refractivity contribution in [3.63, 3.8) is 0 Å². The summed E-state index contributed by atoms with van der Waals surface area (Å²) in [5.41, 5.74) is -1.36. The van der Waals surface area contributed by atoms with E-state index in [0.29, 0.717) is 0 Å². The minimum Gasteiger partial charge on any atom is -0.342 e. The van der Waals surface area contributed by atoms with Gasteiger partial charge in [-0.1, -0.05) is 20.8 Å². The van der Waals surface area contributed by atoms with E-state index in [1.165, 1.54) is 4.90 Å². The van der Waals surface area contributed by atoms with Gasteiger partial charge in [0.1, 0.15) is 18.3 Å². The highest BCUT2D eigenvalue weighted by molar-refractivity contribution is 5.99. The molecule has 5 heteroatoms. The van der Waals surface area contributed by atoms with Gasteiger partial charge in [0.15, 0.2) is 0 Å². The quantitative estimate of drug-likeness (QED) is 0.791. The Bertz CT molecular complexity index is 334. The number of piperazine rings is 1. The monoisotopic (exact) mass is 244 g/mol. The SMILES string of the molecule is CC(C)(C)C1NC(=O)C(C)(C)N(CCF)C1=O. The zero-order valence-electron chi connectivity index (χ0n) is 11.1. The Balaban J connectivity index is 3.07. The Labute approximate surface area is 102 Å². The van der Waals surface area contributed by atoms with Crippen LogP contribution in [-0.2, 0) is 9.59 Å². The van der Waals surface area contributed by atoms with Gasteiger partial charge in [0.05, 0.1) is 6.54 Å². The minimum absolute atomic E-state index is 0.0359. The molecule has 1 unspecified atom stereocenters. The second-order valence-corrected chi connectivity index (χ2v) is 6.01. The van der Waals surface area contributed by atoms with Crippen LogP contribution >= 0.6 is 0 Å². The van der Waals surface area contributed by atoms with Crippen LogP contribution in [-0.4, -0.2) is 41.5 Å². The molecular formula is C12H21FN2O2. The van der Waals surface area contributed by atoms with Crippen molar-refractivity contribution in [1.29, 1.82) is 0 Å². The minimum atomic E-state index is -0.981. The fourth-order valence-corrected chi connectivity index (χ4v) is 1.98. The molecule has 0 aliphatic carbocycles. The molecule has 1 aliphatic heterocycles. The van der Waals surface area contributed by atoms with E-state index in [1.807, 2.05) is 20.8 Å². The molecule has 0 saturated carbocycles. The number of nitrogens with zero attached hydrogens (tertiary/aromatic N) is 1. The summed E-state index contributed by atoms with van der Waals surface area (Å²) < 4.78 is 12.5. The number of carbonyl (C=O) groups excluding carboxylic acids is 2. The van der Waals surface area contributed by atoms with E-state index >= 15 is 0 Å². The molecule has 0 bridgehead atoms. The van der Waals surface area contributed by atoms with Crippen LogP contribution in [0.5, 0.6) is 0 Å². The fraction of sp³-hybridized carbons (Fsp3) is 0.833. The summed E-state index contributed by atoms with van der Waals surface area (Å²) in [7, 11) is 0. The number of hydrogen-bond donors (Lipinski definition) is 1. The Hall–Kier alpha value is -1.13. The number of alkyl halides is 1. The molecule has 98 valence electrons. The smallest absolute Gasteiger partial charge is 0.246 e. The number of amides is 2. The van der Waals surface area contributed by atoms with Crippen molar-refractivity contribution >= 4 is 11.8 Å². The van der Waals surface area contributed by atoms with Crippen molar-refractivity contribution in [2.75, 3.05) is 13.2 Å². The van der Waals surface area contributed by atoms with Gasteiger partial charge in [0.25, 0.3) is 0 Å². The van der Waals surface area contributed by atoms with Gasteiger partial charge >= 0.3 is 0 Å². The molecule has 0 radical (unpaired) electrons. The maximum Gasteiger partial charge on any atom is 0.246 e.